The van der Waals surface area contributed by atoms with Crippen molar-refractivity contribution in [3.8, 4) is 0 Å². The first-order valence-electron chi connectivity index (χ1n) is 3.41. The molecule has 1 amide bonds. The number of carbonyl (C=O) groups excluding carboxylic acids is 2. The topological polar surface area (TPSA) is 59.4 Å². The number of hydrogen-bond acceptors (Lipinski definition) is 3. The molecule has 4 nitrogen and oxygen atoms in total. The molecule has 0 saturated carbocycles. The summed E-state index contributed by atoms with van der Waals surface area (Å²) in [4.78, 5) is 27.2. The van der Waals surface area contributed by atoms with Gasteiger partial charge in [-0.25, -0.2) is 9.18 Å². The third-order valence-corrected chi connectivity index (χ3v) is 1.39. The standard InChI is InChI=1S/C8H5FN2O2/c9-4-7-6(2-1-3-10-7)8(13)11-5-12/h1-3H,4H2. The van der Waals surface area contributed by atoms with Gasteiger partial charge in [0.05, 0.1) is 11.3 Å². The summed E-state index contributed by atoms with van der Waals surface area (Å²) in [5.74, 6) is -0.823. The molecular formula is C8H5FN2O2. The van der Waals surface area contributed by atoms with Gasteiger partial charge in [-0.1, -0.05) is 0 Å². The van der Waals surface area contributed by atoms with Crippen LogP contribution in [0.2, 0.25) is 0 Å². The quantitative estimate of drug-likeness (QED) is 0.504. The summed E-state index contributed by atoms with van der Waals surface area (Å²) in [6.07, 6.45) is 2.45. The summed E-state index contributed by atoms with van der Waals surface area (Å²) in [6.45, 7) is -0.865. The van der Waals surface area contributed by atoms with E-state index >= 15 is 0 Å². The molecule has 0 N–H and O–H groups in total. The second kappa shape index (κ2) is 4.23. The van der Waals surface area contributed by atoms with Crippen molar-refractivity contribution in [2.75, 3.05) is 0 Å². The molecule has 13 heavy (non-hydrogen) atoms. The third kappa shape index (κ3) is 2.04. The molecule has 0 aliphatic carbocycles. The number of carbonyl (C=O) groups is 1. The second-order valence-electron chi connectivity index (χ2n) is 2.14. The Hall–Kier alpha value is -1.87. The van der Waals surface area contributed by atoms with Gasteiger partial charge in [0.15, 0.2) is 0 Å². The van der Waals surface area contributed by atoms with Crippen LogP contribution in [0.3, 0.4) is 0 Å². The van der Waals surface area contributed by atoms with Crippen molar-refractivity contribution in [3.63, 3.8) is 0 Å². The van der Waals surface area contributed by atoms with E-state index in [1.807, 2.05) is 0 Å². The summed E-state index contributed by atoms with van der Waals surface area (Å²) in [7, 11) is 0. The lowest BCUT2D eigenvalue weighted by atomic mass is 10.2. The molecule has 1 aromatic heterocycles. The average Bonchev–Trinajstić information content (AvgIpc) is 2.18. The van der Waals surface area contributed by atoms with Gasteiger partial charge in [0.1, 0.15) is 6.67 Å². The Morgan fingerprint density at radius 2 is 2.46 bits per heavy atom. The Labute approximate surface area is 73.1 Å². The van der Waals surface area contributed by atoms with Crippen LogP contribution in [0.25, 0.3) is 0 Å². The van der Waals surface area contributed by atoms with Gasteiger partial charge in [-0.2, -0.15) is 0 Å². The Kier molecular flexibility index (Phi) is 3.00. The van der Waals surface area contributed by atoms with Crippen molar-refractivity contribution >= 4 is 12.0 Å². The molecule has 0 aromatic carbocycles. The van der Waals surface area contributed by atoms with Crippen LogP contribution >= 0.6 is 0 Å². The first kappa shape index (κ1) is 9.22. The molecule has 0 aliphatic heterocycles. The van der Waals surface area contributed by atoms with Crippen LogP contribution in [0, 0.1) is 0 Å². The van der Waals surface area contributed by atoms with Crippen LogP contribution in [-0.2, 0) is 11.5 Å². The lowest BCUT2D eigenvalue weighted by Gasteiger charge is -1.98. The highest BCUT2D eigenvalue weighted by Crippen LogP contribution is 2.07. The molecule has 0 aliphatic rings. The molecule has 0 radical (unpaired) electrons. The zero-order valence-electron chi connectivity index (χ0n) is 6.53. The van der Waals surface area contributed by atoms with E-state index in [1.54, 1.807) is 0 Å². The van der Waals surface area contributed by atoms with Crippen LogP contribution in [0.1, 0.15) is 16.1 Å². The molecule has 0 fully saturated rings. The zero-order chi connectivity index (χ0) is 9.68. The van der Waals surface area contributed by atoms with Gasteiger partial charge >= 0.3 is 0 Å². The van der Waals surface area contributed by atoms with Crippen LogP contribution in [-0.4, -0.2) is 17.0 Å². The van der Waals surface area contributed by atoms with E-state index in [4.69, 9.17) is 0 Å². The van der Waals surface area contributed by atoms with E-state index in [1.165, 1.54) is 18.3 Å². The highest BCUT2D eigenvalue weighted by molar-refractivity contribution is 5.98. The number of rotatable bonds is 2. The maximum atomic E-state index is 12.2. The lowest BCUT2D eigenvalue weighted by Crippen LogP contribution is -2.01. The van der Waals surface area contributed by atoms with Crippen molar-refractivity contribution in [2.24, 2.45) is 4.99 Å². The van der Waals surface area contributed by atoms with Crippen molar-refractivity contribution < 1.29 is 14.0 Å². The predicted octanol–water partition coefficient (Wildman–Crippen LogP) is 1.03. The molecule has 0 atom stereocenters. The Balaban J connectivity index is 3.12. The summed E-state index contributed by atoms with van der Waals surface area (Å²) < 4.78 is 12.2. The zero-order valence-corrected chi connectivity index (χ0v) is 6.53. The number of isocyanates is 1. The molecule has 5 heteroatoms. The maximum absolute atomic E-state index is 12.2. The molecule has 1 aromatic rings. The molecule has 0 saturated heterocycles. The Morgan fingerprint density at radius 3 is 3.08 bits per heavy atom. The van der Waals surface area contributed by atoms with Crippen molar-refractivity contribution in [1.82, 2.24) is 4.98 Å². The molecule has 0 bridgehead atoms. The lowest BCUT2D eigenvalue weighted by molar-refractivity contribution is 0.100. The van der Waals surface area contributed by atoms with E-state index in [-0.39, 0.29) is 11.3 Å². The first-order valence-corrected chi connectivity index (χ1v) is 3.41. The van der Waals surface area contributed by atoms with Gasteiger partial charge in [-0.15, -0.1) is 4.99 Å². The smallest absolute Gasteiger partial charge is 0.266 e. The van der Waals surface area contributed by atoms with Gasteiger partial charge in [0.2, 0.25) is 6.08 Å². The van der Waals surface area contributed by atoms with Crippen LogP contribution in [0.4, 0.5) is 4.39 Å². The fraction of sp³-hybridized carbons (Fsp3) is 0.125. The fourth-order valence-electron chi connectivity index (χ4n) is 0.841. The summed E-state index contributed by atoms with van der Waals surface area (Å²) in [5.41, 5.74) is -0.0279. The van der Waals surface area contributed by atoms with Crippen molar-refractivity contribution in [2.45, 2.75) is 6.67 Å². The minimum atomic E-state index is -0.865. The number of aliphatic imine (C=N–C) groups is 1. The molecule has 0 unspecified atom stereocenters. The van der Waals surface area contributed by atoms with Gasteiger partial charge < -0.3 is 0 Å². The highest BCUT2D eigenvalue weighted by Gasteiger charge is 2.10. The number of alkyl halides is 1. The van der Waals surface area contributed by atoms with Gasteiger partial charge in [-0.05, 0) is 12.1 Å². The van der Waals surface area contributed by atoms with Crippen LogP contribution < -0.4 is 0 Å². The Bertz CT molecular complexity index is 372. The van der Waals surface area contributed by atoms with Gasteiger partial charge in [0, 0.05) is 6.20 Å². The molecule has 0 spiro atoms. The minimum absolute atomic E-state index is 0.00616. The van der Waals surface area contributed by atoms with E-state index in [0.717, 1.165) is 6.08 Å². The number of amides is 1. The molecule has 1 heterocycles. The summed E-state index contributed by atoms with van der Waals surface area (Å²) >= 11 is 0. The number of hydrogen-bond donors (Lipinski definition) is 0. The normalized spacial score (nSPS) is 9.00. The first-order chi connectivity index (χ1) is 6.29. The van der Waals surface area contributed by atoms with Crippen molar-refractivity contribution in [1.29, 1.82) is 0 Å². The SMILES string of the molecule is O=C=NC(=O)c1cccnc1CF. The number of aromatic nitrogens is 1. The third-order valence-electron chi connectivity index (χ3n) is 1.39. The second-order valence-corrected chi connectivity index (χ2v) is 2.14. The van der Waals surface area contributed by atoms with Gasteiger partial charge in [-0.3, -0.25) is 9.78 Å². The molecular weight excluding hydrogens is 175 g/mol. The molecule has 1 rings (SSSR count). The van der Waals surface area contributed by atoms with Gasteiger partial charge in [0.25, 0.3) is 5.91 Å². The minimum Gasteiger partial charge on any atom is -0.266 e. The largest absolute Gasteiger partial charge is 0.289 e. The number of halogens is 1. The highest BCUT2D eigenvalue weighted by atomic mass is 19.1. The van der Waals surface area contributed by atoms with Crippen molar-refractivity contribution in [3.05, 3.63) is 29.6 Å². The maximum Gasteiger partial charge on any atom is 0.289 e. The van der Waals surface area contributed by atoms with Crippen LogP contribution in [0.15, 0.2) is 23.3 Å². The van der Waals surface area contributed by atoms with E-state index in [2.05, 4.69) is 9.98 Å². The van der Waals surface area contributed by atoms with Crippen LogP contribution in [0.5, 0.6) is 0 Å². The average molecular weight is 180 g/mol. The number of nitrogens with zero attached hydrogens (tertiary/aromatic N) is 2. The number of pyridine rings is 1. The fourth-order valence-corrected chi connectivity index (χ4v) is 0.841. The monoisotopic (exact) mass is 180 g/mol. The Morgan fingerprint density at radius 1 is 1.69 bits per heavy atom. The molecule has 66 valence electrons. The predicted molar refractivity (Wildman–Crippen MR) is 41.5 cm³/mol. The van der Waals surface area contributed by atoms with E-state index < -0.39 is 12.6 Å². The van der Waals surface area contributed by atoms with E-state index in [9.17, 15) is 14.0 Å². The summed E-state index contributed by atoms with van der Waals surface area (Å²) in [5, 5.41) is 0. The van der Waals surface area contributed by atoms with E-state index in [0.29, 0.717) is 0 Å². The summed E-state index contributed by atoms with van der Waals surface area (Å²) in [6, 6.07) is 2.82.